The number of carbonyl (C=O) groups excluding carboxylic acids is 1. The van der Waals surface area contributed by atoms with E-state index in [1.54, 1.807) is 30.7 Å². The predicted molar refractivity (Wildman–Crippen MR) is 100 cm³/mol. The number of hydrogen-bond donors (Lipinski definition) is 0. The van der Waals surface area contributed by atoms with Crippen molar-refractivity contribution >= 4 is 35.0 Å². The predicted octanol–water partition coefficient (Wildman–Crippen LogP) is 3.96. The van der Waals surface area contributed by atoms with E-state index >= 15 is 0 Å². The molecule has 5 nitrogen and oxygen atoms in total. The molecule has 0 unspecified atom stereocenters. The fourth-order valence-electron chi connectivity index (χ4n) is 2.13. The van der Waals surface area contributed by atoms with Gasteiger partial charge in [0.05, 0.1) is 31.0 Å². The first-order valence-electron chi connectivity index (χ1n) is 7.85. The zero-order chi connectivity index (χ0) is 19.9. The number of aromatic nitrogens is 3. The van der Waals surface area contributed by atoms with Gasteiger partial charge in [-0.3, -0.25) is 14.7 Å². The Bertz CT molecular complexity index is 805. The van der Waals surface area contributed by atoms with Crippen LogP contribution < -0.4 is 4.90 Å². The number of pyridine rings is 1. The third-order valence-electron chi connectivity index (χ3n) is 3.39. The number of hydrogen-bond acceptors (Lipinski definition) is 4. The Morgan fingerprint density at radius 2 is 2.19 bits per heavy atom. The number of halogens is 4. The van der Waals surface area contributed by atoms with Gasteiger partial charge in [0.2, 0.25) is 5.91 Å². The van der Waals surface area contributed by atoms with Crippen LogP contribution in [-0.2, 0) is 4.79 Å². The second kappa shape index (κ2) is 9.67. The fraction of sp³-hybridized carbons (Fsp3) is 0.353. The minimum atomic E-state index is -4.19. The zero-order valence-electron chi connectivity index (χ0n) is 14.1. The van der Waals surface area contributed by atoms with Crippen LogP contribution in [0.25, 0.3) is 5.69 Å². The van der Waals surface area contributed by atoms with Crippen LogP contribution in [0, 0.1) is 12.3 Å². The van der Waals surface area contributed by atoms with Crippen molar-refractivity contribution in [1.82, 2.24) is 14.8 Å². The van der Waals surface area contributed by atoms with Gasteiger partial charge >= 0.3 is 6.18 Å². The summed E-state index contributed by atoms with van der Waals surface area (Å²) in [6.45, 7) is -0.0233. The molecule has 0 spiro atoms. The molecule has 0 aromatic carbocycles. The molecule has 0 saturated carbocycles. The molecule has 2 heterocycles. The molecule has 0 aliphatic carbocycles. The van der Waals surface area contributed by atoms with Gasteiger partial charge in [0.1, 0.15) is 5.69 Å². The topological polar surface area (TPSA) is 51.0 Å². The van der Waals surface area contributed by atoms with E-state index in [1.807, 2.05) is 0 Å². The first-order valence-corrected chi connectivity index (χ1v) is 9.39. The van der Waals surface area contributed by atoms with Gasteiger partial charge in [0.15, 0.2) is 5.15 Å². The molecule has 27 heavy (non-hydrogen) atoms. The van der Waals surface area contributed by atoms with E-state index in [2.05, 4.69) is 16.0 Å². The van der Waals surface area contributed by atoms with Gasteiger partial charge in [0.25, 0.3) is 0 Å². The lowest BCUT2D eigenvalue weighted by Crippen LogP contribution is -2.31. The second-order valence-corrected chi connectivity index (χ2v) is 6.96. The van der Waals surface area contributed by atoms with E-state index in [0.29, 0.717) is 11.4 Å². The average molecular weight is 417 g/mol. The summed E-state index contributed by atoms with van der Waals surface area (Å²) in [5.74, 6) is 2.22. The lowest BCUT2D eigenvalue weighted by atomic mass is 10.3. The van der Waals surface area contributed by atoms with Crippen LogP contribution in [0.4, 0.5) is 18.9 Å². The normalized spacial score (nSPS) is 11.2. The molecule has 0 bridgehead atoms. The molecule has 2 aromatic heterocycles. The SMILES string of the molecule is C#CCN(C(=O)CCSCCC(F)(F)F)c1cn(-c2cccnc2)nc1Cl. The molecule has 2 aromatic rings. The highest BCUT2D eigenvalue weighted by atomic mass is 35.5. The highest BCUT2D eigenvalue weighted by Gasteiger charge is 2.26. The van der Waals surface area contributed by atoms with Crippen LogP contribution in [0.5, 0.6) is 0 Å². The number of anilines is 1. The van der Waals surface area contributed by atoms with Crippen molar-refractivity contribution in [3.8, 4) is 18.0 Å². The molecule has 0 atom stereocenters. The molecular formula is C17H16ClF3N4OS. The summed E-state index contributed by atoms with van der Waals surface area (Å²) >= 11 is 7.22. The van der Waals surface area contributed by atoms with Crippen molar-refractivity contribution in [2.75, 3.05) is 23.0 Å². The van der Waals surface area contributed by atoms with Gasteiger partial charge in [0, 0.05) is 24.1 Å². The Morgan fingerprint density at radius 1 is 1.41 bits per heavy atom. The lowest BCUT2D eigenvalue weighted by molar-refractivity contribution is -0.129. The van der Waals surface area contributed by atoms with Gasteiger partial charge < -0.3 is 0 Å². The van der Waals surface area contributed by atoms with E-state index in [-0.39, 0.29) is 35.5 Å². The molecule has 10 heteroatoms. The van der Waals surface area contributed by atoms with Gasteiger partial charge in [-0.25, -0.2) is 4.68 Å². The van der Waals surface area contributed by atoms with Crippen molar-refractivity contribution < 1.29 is 18.0 Å². The highest BCUT2D eigenvalue weighted by Crippen LogP contribution is 2.27. The zero-order valence-corrected chi connectivity index (χ0v) is 15.7. The quantitative estimate of drug-likeness (QED) is 0.483. The van der Waals surface area contributed by atoms with Crippen molar-refractivity contribution in [2.45, 2.75) is 19.0 Å². The Balaban J connectivity index is 2.03. The van der Waals surface area contributed by atoms with E-state index in [0.717, 1.165) is 11.8 Å². The van der Waals surface area contributed by atoms with Gasteiger partial charge in [-0.15, -0.1) is 6.42 Å². The minimum Gasteiger partial charge on any atom is -0.296 e. The van der Waals surface area contributed by atoms with Crippen LogP contribution in [0.15, 0.2) is 30.7 Å². The summed E-state index contributed by atoms with van der Waals surface area (Å²) < 4.78 is 37.9. The maximum Gasteiger partial charge on any atom is 0.389 e. The van der Waals surface area contributed by atoms with Crippen LogP contribution >= 0.6 is 23.4 Å². The molecule has 0 fully saturated rings. The number of terminal acetylenes is 1. The Labute approximate surface area is 163 Å². The number of rotatable bonds is 8. The van der Waals surface area contributed by atoms with Crippen LogP contribution in [-0.4, -0.2) is 44.9 Å². The van der Waals surface area contributed by atoms with E-state index in [4.69, 9.17) is 18.0 Å². The second-order valence-electron chi connectivity index (χ2n) is 5.37. The monoisotopic (exact) mass is 416 g/mol. The Morgan fingerprint density at radius 3 is 2.81 bits per heavy atom. The summed E-state index contributed by atoms with van der Waals surface area (Å²) in [4.78, 5) is 17.8. The molecule has 2 rings (SSSR count). The van der Waals surface area contributed by atoms with Gasteiger partial charge in [-0.2, -0.15) is 30.0 Å². The van der Waals surface area contributed by atoms with Crippen LogP contribution in [0.2, 0.25) is 5.15 Å². The summed E-state index contributed by atoms with van der Waals surface area (Å²) in [6, 6.07) is 3.50. The number of thioether (sulfide) groups is 1. The highest BCUT2D eigenvalue weighted by molar-refractivity contribution is 7.99. The summed E-state index contributed by atoms with van der Waals surface area (Å²) in [7, 11) is 0. The Hall–Kier alpha value is -2.18. The van der Waals surface area contributed by atoms with E-state index in [9.17, 15) is 18.0 Å². The maximum atomic E-state index is 12.5. The molecule has 0 N–H and O–H groups in total. The van der Waals surface area contributed by atoms with E-state index in [1.165, 1.54) is 9.58 Å². The number of nitrogens with zero attached hydrogens (tertiary/aromatic N) is 4. The maximum absolute atomic E-state index is 12.5. The summed E-state index contributed by atoms with van der Waals surface area (Å²) in [5, 5.41) is 4.24. The number of carbonyl (C=O) groups is 1. The molecule has 0 aliphatic rings. The van der Waals surface area contributed by atoms with Crippen molar-refractivity contribution in [1.29, 1.82) is 0 Å². The molecule has 144 valence electrons. The van der Waals surface area contributed by atoms with Crippen molar-refractivity contribution in [3.05, 3.63) is 35.9 Å². The average Bonchev–Trinajstić information content (AvgIpc) is 3.00. The first kappa shape index (κ1) is 21.1. The standard InChI is InChI=1S/C17H16ClF3N4OS/c1-2-8-24(15(26)5-9-27-10-6-17(19,20)21)14-12-25(23-16(14)18)13-4-3-7-22-11-13/h1,3-4,7,11-12H,5-6,8-10H2. The molecule has 0 radical (unpaired) electrons. The largest absolute Gasteiger partial charge is 0.389 e. The van der Waals surface area contributed by atoms with Crippen LogP contribution in [0.1, 0.15) is 12.8 Å². The third kappa shape index (κ3) is 6.48. The minimum absolute atomic E-state index is 0.0233. The van der Waals surface area contributed by atoms with Crippen molar-refractivity contribution in [3.63, 3.8) is 0 Å². The first-order chi connectivity index (χ1) is 12.8. The third-order valence-corrected chi connectivity index (χ3v) is 4.65. The number of amides is 1. The smallest absolute Gasteiger partial charge is 0.296 e. The summed E-state index contributed by atoms with van der Waals surface area (Å²) in [6.07, 6.45) is 5.06. The Kier molecular flexibility index (Phi) is 7.56. The summed E-state index contributed by atoms with van der Waals surface area (Å²) in [5.41, 5.74) is 0.991. The van der Waals surface area contributed by atoms with Crippen molar-refractivity contribution in [2.24, 2.45) is 0 Å². The van der Waals surface area contributed by atoms with Crippen LogP contribution in [0.3, 0.4) is 0 Å². The lowest BCUT2D eigenvalue weighted by Gasteiger charge is -2.18. The molecule has 1 amide bonds. The van der Waals surface area contributed by atoms with Gasteiger partial charge in [-0.05, 0) is 12.1 Å². The number of alkyl halides is 3. The van der Waals surface area contributed by atoms with Gasteiger partial charge in [-0.1, -0.05) is 17.5 Å². The molecule has 0 aliphatic heterocycles. The van der Waals surface area contributed by atoms with E-state index < -0.39 is 12.6 Å². The fourth-order valence-corrected chi connectivity index (χ4v) is 3.26. The molecular weight excluding hydrogens is 401 g/mol. The molecule has 0 saturated heterocycles.